The molecule has 0 unspecified atom stereocenters. The standard InChI is InChI=1S/C19H18BrNO4/c20-13-8-9-17(22)15(10-13)19(24)25-11-18(23)21-16-7-3-5-12-4-1-2-6-14(12)16/h1-2,4,6,8-10,16,22H,3,5,7,11H2,(H,21,23)/t16-/m0/s1. The van der Waals surface area contributed by atoms with Gasteiger partial charge in [0.05, 0.1) is 6.04 Å². The van der Waals surface area contributed by atoms with Gasteiger partial charge in [0.25, 0.3) is 5.91 Å². The van der Waals surface area contributed by atoms with Crippen molar-refractivity contribution in [1.29, 1.82) is 0 Å². The number of carbonyl (C=O) groups excluding carboxylic acids is 2. The highest BCUT2D eigenvalue weighted by Gasteiger charge is 2.22. The number of phenols is 1. The van der Waals surface area contributed by atoms with Crippen LogP contribution >= 0.6 is 15.9 Å². The number of ether oxygens (including phenoxy) is 1. The van der Waals surface area contributed by atoms with E-state index in [1.807, 2.05) is 18.2 Å². The highest BCUT2D eigenvalue weighted by molar-refractivity contribution is 9.10. The molecule has 0 aliphatic heterocycles. The van der Waals surface area contributed by atoms with E-state index in [2.05, 4.69) is 27.3 Å². The zero-order valence-corrected chi connectivity index (χ0v) is 15.1. The summed E-state index contributed by atoms with van der Waals surface area (Å²) in [5.41, 5.74) is 2.39. The number of aryl methyl sites for hydroxylation is 1. The molecule has 1 amide bonds. The van der Waals surface area contributed by atoms with E-state index in [4.69, 9.17) is 4.74 Å². The number of nitrogens with one attached hydrogen (secondary N) is 1. The van der Waals surface area contributed by atoms with E-state index in [1.54, 1.807) is 6.07 Å². The molecule has 0 spiro atoms. The van der Waals surface area contributed by atoms with E-state index in [1.165, 1.54) is 17.7 Å². The predicted molar refractivity (Wildman–Crippen MR) is 96.4 cm³/mol. The Morgan fingerprint density at radius 3 is 2.88 bits per heavy atom. The number of hydrogen-bond donors (Lipinski definition) is 2. The van der Waals surface area contributed by atoms with Crippen LogP contribution in [-0.2, 0) is 16.0 Å². The first-order valence-corrected chi connectivity index (χ1v) is 8.86. The Labute approximate surface area is 154 Å². The molecular weight excluding hydrogens is 386 g/mol. The Morgan fingerprint density at radius 1 is 1.24 bits per heavy atom. The Bertz CT molecular complexity index is 806. The lowest BCUT2D eigenvalue weighted by Crippen LogP contribution is -2.34. The van der Waals surface area contributed by atoms with E-state index < -0.39 is 5.97 Å². The van der Waals surface area contributed by atoms with Gasteiger partial charge in [-0.2, -0.15) is 0 Å². The number of rotatable bonds is 4. The number of benzene rings is 2. The first-order chi connectivity index (χ1) is 12.0. The van der Waals surface area contributed by atoms with E-state index in [0.717, 1.165) is 24.8 Å². The van der Waals surface area contributed by atoms with E-state index >= 15 is 0 Å². The van der Waals surface area contributed by atoms with E-state index in [-0.39, 0.29) is 29.9 Å². The number of aromatic hydroxyl groups is 1. The van der Waals surface area contributed by atoms with Crippen molar-refractivity contribution in [2.24, 2.45) is 0 Å². The van der Waals surface area contributed by atoms with Crippen molar-refractivity contribution in [3.05, 3.63) is 63.6 Å². The molecule has 2 aromatic rings. The van der Waals surface area contributed by atoms with Crippen LogP contribution in [0.4, 0.5) is 0 Å². The Balaban J connectivity index is 1.59. The van der Waals surface area contributed by atoms with Gasteiger partial charge in [-0.05, 0) is 48.6 Å². The Hall–Kier alpha value is -2.34. The van der Waals surface area contributed by atoms with Crippen molar-refractivity contribution >= 4 is 27.8 Å². The minimum atomic E-state index is -0.738. The lowest BCUT2D eigenvalue weighted by molar-refractivity contribution is -0.125. The maximum atomic E-state index is 12.1. The molecule has 1 aliphatic carbocycles. The van der Waals surface area contributed by atoms with Crippen LogP contribution in [0.5, 0.6) is 5.75 Å². The lowest BCUT2D eigenvalue weighted by Gasteiger charge is -2.26. The number of carbonyl (C=O) groups is 2. The van der Waals surface area contributed by atoms with Gasteiger partial charge in [0.2, 0.25) is 0 Å². The first kappa shape index (κ1) is 17.5. The lowest BCUT2D eigenvalue weighted by atomic mass is 9.88. The fourth-order valence-corrected chi connectivity index (χ4v) is 3.38. The highest BCUT2D eigenvalue weighted by Crippen LogP contribution is 2.29. The van der Waals surface area contributed by atoms with E-state index in [9.17, 15) is 14.7 Å². The second-order valence-electron chi connectivity index (χ2n) is 5.95. The number of phenolic OH excluding ortho intramolecular Hbond substituents is 1. The number of amides is 1. The molecule has 3 rings (SSSR count). The molecule has 0 radical (unpaired) electrons. The quantitative estimate of drug-likeness (QED) is 0.765. The molecule has 1 atom stereocenters. The molecule has 0 fully saturated rings. The summed E-state index contributed by atoms with van der Waals surface area (Å²) in [5.74, 6) is -1.28. The van der Waals surface area contributed by atoms with Crippen molar-refractivity contribution in [3.63, 3.8) is 0 Å². The van der Waals surface area contributed by atoms with Crippen LogP contribution in [0.2, 0.25) is 0 Å². The van der Waals surface area contributed by atoms with Crippen LogP contribution in [0.15, 0.2) is 46.9 Å². The molecule has 0 saturated heterocycles. The van der Waals surface area contributed by atoms with E-state index in [0.29, 0.717) is 4.47 Å². The molecule has 0 heterocycles. The largest absolute Gasteiger partial charge is 0.507 e. The molecule has 0 saturated carbocycles. The summed E-state index contributed by atoms with van der Waals surface area (Å²) in [6.07, 6.45) is 2.89. The monoisotopic (exact) mass is 403 g/mol. The van der Waals surface area contributed by atoms with Crippen LogP contribution < -0.4 is 5.32 Å². The summed E-state index contributed by atoms with van der Waals surface area (Å²) < 4.78 is 5.66. The normalized spacial score (nSPS) is 16.0. The maximum absolute atomic E-state index is 12.1. The summed E-state index contributed by atoms with van der Waals surface area (Å²) in [5, 5.41) is 12.6. The zero-order chi connectivity index (χ0) is 17.8. The van der Waals surface area contributed by atoms with Gasteiger partial charge >= 0.3 is 5.97 Å². The molecule has 6 heteroatoms. The first-order valence-electron chi connectivity index (χ1n) is 8.07. The molecule has 0 aromatic heterocycles. The highest BCUT2D eigenvalue weighted by atomic mass is 79.9. The molecule has 5 nitrogen and oxygen atoms in total. The van der Waals surface area contributed by atoms with Gasteiger partial charge in [0.1, 0.15) is 11.3 Å². The van der Waals surface area contributed by atoms with Crippen molar-refractivity contribution in [3.8, 4) is 5.75 Å². The van der Waals surface area contributed by atoms with Gasteiger partial charge in [-0.3, -0.25) is 4.79 Å². The van der Waals surface area contributed by atoms with Crippen molar-refractivity contribution in [2.75, 3.05) is 6.61 Å². The number of halogens is 1. The summed E-state index contributed by atoms with van der Waals surface area (Å²) in [6.45, 7) is -0.385. The molecule has 1 aliphatic rings. The molecule has 2 N–H and O–H groups in total. The fourth-order valence-electron chi connectivity index (χ4n) is 3.02. The van der Waals surface area contributed by atoms with Gasteiger partial charge < -0.3 is 15.2 Å². The number of hydrogen-bond acceptors (Lipinski definition) is 4. The fraction of sp³-hybridized carbons (Fsp3) is 0.263. The smallest absolute Gasteiger partial charge is 0.342 e. The topological polar surface area (TPSA) is 75.6 Å². The van der Waals surface area contributed by atoms with Gasteiger partial charge in [0.15, 0.2) is 6.61 Å². The SMILES string of the molecule is O=C(COC(=O)c1cc(Br)ccc1O)N[C@H]1CCCc2ccccc21. The third-order valence-corrected chi connectivity index (χ3v) is 4.71. The van der Waals surface area contributed by atoms with Gasteiger partial charge in [-0.25, -0.2) is 4.79 Å². The molecule has 0 bridgehead atoms. The Morgan fingerprint density at radius 2 is 2.04 bits per heavy atom. The minimum absolute atomic E-state index is 0.0187. The van der Waals surface area contributed by atoms with Crippen LogP contribution in [0, 0.1) is 0 Å². The van der Waals surface area contributed by atoms with Crippen LogP contribution in [0.3, 0.4) is 0 Å². The summed E-state index contributed by atoms with van der Waals surface area (Å²) >= 11 is 3.23. The molecular formula is C19H18BrNO4. The van der Waals surface area contributed by atoms with Gasteiger partial charge in [0, 0.05) is 4.47 Å². The second-order valence-corrected chi connectivity index (χ2v) is 6.86. The van der Waals surface area contributed by atoms with Crippen LogP contribution in [-0.4, -0.2) is 23.6 Å². The summed E-state index contributed by atoms with van der Waals surface area (Å²) in [6, 6.07) is 12.4. The second kappa shape index (κ2) is 7.70. The van der Waals surface area contributed by atoms with Crippen LogP contribution in [0.1, 0.15) is 40.4 Å². The minimum Gasteiger partial charge on any atom is -0.507 e. The predicted octanol–water partition coefficient (Wildman–Crippen LogP) is 3.51. The maximum Gasteiger partial charge on any atom is 0.342 e. The Kier molecular flexibility index (Phi) is 5.38. The third-order valence-electron chi connectivity index (χ3n) is 4.22. The number of fused-ring (bicyclic) bond motifs is 1. The number of esters is 1. The van der Waals surface area contributed by atoms with Gasteiger partial charge in [-0.1, -0.05) is 40.2 Å². The molecule has 25 heavy (non-hydrogen) atoms. The van der Waals surface area contributed by atoms with Crippen molar-refractivity contribution in [1.82, 2.24) is 5.32 Å². The molecule has 2 aromatic carbocycles. The van der Waals surface area contributed by atoms with Crippen molar-refractivity contribution in [2.45, 2.75) is 25.3 Å². The zero-order valence-electron chi connectivity index (χ0n) is 13.5. The molecule has 130 valence electrons. The van der Waals surface area contributed by atoms with Crippen LogP contribution in [0.25, 0.3) is 0 Å². The average Bonchev–Trinajstić information content (AvgIpc) is 2.62. The third kappa shape index (κ3) is 4.20. The van der Waals surface area contributed by atoms with Gasteiger partial charge in [-0.15, -0.1) is 0 Å². The summed E-state index contributed by atoms with van der Waals surface area (Å²) in [7, 11) is 0. The summed E-state index contributed by atoms with van der Waals surface area (Å²) in [4.78, 5) is 24.2. The van der Waals surface area contributed by atoms with Crippen molar-refractivity contribution < 1.29 is 19.4 Å². The average molecular weight is 404 g/mol.